The van der Waals surface area contributed by atoms with Crippen molar-refractivity contribution in [1.82, 2.24) is 4.98 Å². The molecule has 1 aromatic rings. The highest BCUT2D eigenvalue weighted by atomic mass is 15.2. The van der Waals surface area contributed by atoms with Gasteiger partial charge in [0.15, 0.2) is 0 Å². The largest absolute Gasteiger partial charge is 0.426 e. The molecule has 1 aromatic heterocycles. The number of hydrogen-bond donors (Lipinski definition) is 2. The summed E-state index contributed by atoms with van der Waals surface area (Å²) in [5.74, 6) is -0.353. The van der Waals surface area contributed by atoms with Gasteiger partial charge in [-0.3, -0.25) is 0 Å². The molecule has 0 aromatic carbocycles. The zero-order chi connectivity index (χ0) is 11.4. The molecule has 0 bridgehead atoms. The first-order valence-corrected chi connectivity index (χ1v) is 3.52. The van der Waals surface area contributed by atoms with Crippen LogP contribution in [0.15, 0.2) is 5.11 Å². The van der Waals surface area contributed by atoms with E-state index in [0.717, 1.165) is 0 Å². The molecule has 15 heavy (non-hydrogen) atoms. The average Bonchev–Trinajstić information content (AvgIpc) is 2.19. The van der Waals surface area contributed by atoms with E-state index >= 15 is 0 Å². The molecule has 0 fully saturated rings. The van der Waals surface area contributed by atoms with E-state index in [4.69, 9.17) is 26.9 Å². The molecule has 0 saturated carbocycles. The first-order chi connectivity index (χ1) is 7.15. The molecular weight excluding hydrogens is 196 g/mol. The Balaban J connectivity index is 3.87. The van der Waals surface area contributed by atoms with Gasteiger partial charge in [0.1, 0.15) is 0 Å². The Morgan fingerprint density at radius 1 is 1.33 bits per heavy atom. The summed E-state index contributed by atoms with van der Waals surface area (Å²) >= 11 is 0. The van der Waals surface area contributed by atoms with E-state index in [1.165, 1.54) is 0 Å². The van der Waals surface area contributed by atoms with Crippen LogP contribution < -0.4 is 10.8 Å². The van der Waals surface area contributed by atoms with Crippen molar-refractivity contribution in [1.29, 1.82) is 21.3 Å². The van der Waals surface area contributed by atoms with E-state index in [2.05, 4.69) is 15.0 Å². The topological polar surface area (TPSA) is 157 Å². The highest BCUT2D eigenvalue weighted by Gasteiger charge is 2.32. The lowest BCUT2D eigenvalue weighted by atomic mass is 10.2. The maximum atomic E-state index is 8.67. The third kappa shape index (κ3) is 1.56. The Morgan fingerprint density at radius 2 is 1.93 bits per heavy atom. The van der Waals surface area contributed by atoms with Gasteiger partial charge in [-0.1, -0.05) is 0 Å². The molecule has 0 aliphatic carbocycles. The van der Waals surface area contributed by atoms with Gasteiger partial charge < -0.3 is 0 Å². The quantitative estimate of drug-likeness (QED) is 0.285. The average molecular weight is 198 g/mol. The normalized spacial score (nSPS) is 8.40. The van der Waals surface area contributed by atoms with Crippen LogP contribution in [0.1, 0.15) is 11.1 Å². The molecular formula is C7H2N8+2. The molecule has 0 atom stereocenters. The molecule has 2 N–H and O–H groups in total. The van der Waals surface area contributed by atoms with Crippen molar-refractivity contribution in [3.8, 4) is 12.1 Å². The molecule has 1 rings (SSSR count). The van der Waals surface area contributed by atoms with Crippen molar-refractivity contribution in [3.63, 3.8) is 0 Å². The van der Waals surface area contributed by atoms with Crippen LogP contribution in [0.5, 0.6) is 0 Å². The summed E-state index contributed by atoms with van der Waals surface area (Å²) in [6.07, 6.45) is 0. The molecule has 0 unspecified atom stereocenters. The number of aromatic nitrogens is 1. The van der Waals surface area contributed by atoms with Crippen LogP contribution in [0.3, 0.4) is 0 Å². The molecule has 0 radical (unpaired) electrons. The second kappa shape index (κ2) is 3.83. The maximum absolute atomic E-state index is 8.67. The molecule has 8 nitrogen and oxygen atoms in total. The molecule has 0 amide bonds. The van der Waals surface area contributed by atoms with Crippen LogP contribution >= 0.6 is 0 Å². The summed E-state index contributed by atoms with van der Waals surface area (Å²) in [7, 11) is 0. The van der Waals surface area contributed by atoms with Gasteiger partial charge in [0, 0.05) is 10.0 Å². The fourth-order valence-corrected chi connectivity index (χ4v) is 0.902. The summed E-state index contributed by atoms with van der Waals surface area (Å²) < 4.78 is 0. The number of nitrogens with one attached hydrogen (secondary N) is 2. The summed E-state index contributed by atoms with van der Waals surface area (Å²) in [6.45, 7) is 0. The second-order valence-electron chi connectivity index (χ2n) is 2.32. The molecule has 1 heterocycles. The van der Waals surface area contributed by atoms with Crippen LogP contribution in [0, 0.1) is 33.5 Å². The van der Waals surface area contributed by atoms with Crippen molar-refractivity contribution < 1.29 is 0 Å². The van der Waals surface area contributed by atoms with Gasteiger partial charge in [-0.05, 0) is 5.53 Å². The van der Waals surface area contributed by atoms with Gasteiger partial charge in [-0.15, -0.1) is 15.5 Å². The van der Waals surface area contributed by atoms with Gasteiger partial charge in [0.25, 0.3) is 0 Å². The van der Waals surface area contributed by atoms with Gasteiger partial charge in [-0.25, -0.2) is 10.8 Å². The van der Waals surface area contributed by atoms with Crippen molar-refractivity contribution in [2.75, 3.05) is 0 Å². The van der Waals surface area contributed by atoms with E-state index in [-0.39, 0.29) is 16.9 Å². The minimum absolute atomic E-state index is 0.305. The summed E-state index contributed by atoms with van der Waals surface area (Å²) in [5.41, 5.74) is 7.07. The second-order valence-corrected chi connectivity index (χ2v) is 2.32. The minimum atomic E-state index is -0.482. The molecule has 0 aliphatic heterocycles. The number of hydrogen-bond acceptors (Lipinski definition) is 6. The standard InChI is InChI=1S/C7H2N8/c8-1-3-5(10)4(2-9)7(14-15-12)13-6(3)11/h10-11H/q+2. The minimum Gasteiger partial charge on any atom is -0.241 e. The zero-order valence-electron chi connectivity index (χ0n) is 7.18. The van der Waals surface area contributed by atoms with Crippen LogP contribution in [-0.4, -0.2) is 4.98 Å². The maximum Gasteiger partial charge on any atom is 0.426 e. The van der Waals surface area contributed by atoms with Crippen molar-refractivity contribution in [2.24, 2.45) is 5.11 Å². The van der Waals surface area contributed by atoms with E-state index in [0.29, 0.717) is 0 Å². The Morgan fingerprint density at radius 3 is 2.40 bits per heavy atom. The summed E-state index contributed by atoms with van der Waals surface area (Å²) in [5, 5.41) is 34.6. The molecule has 68 valence electrons. The first-order valence-electron chi connectivity index (χ1n) is 3.52. The van der Waals surface area contributed by atoms with Crippen molar-refractivity contribution in [3.05, 3.63) is 32.4 Å². The monoisotopic (exact) mass is 198 g/mol. The molecule has 0 aliphatic rings. The molecule has 0 saturated heterocycles. The molecule has 0 spiro atoms. The third-order valence-electron chi connectivity index (χ3n) is 1.54. The van der Waals surface area contributed by atoms with Crippen molar-refractivity contribution in [2.45, 2.75) is 0 Å². The summed E-state index contributed by atoms with van der Waals surface area (Å²) in [6, 6.07) is 3.19. The number of pyridine rings is 1. The van der Waals surface area contributed by atoms with Gasteiger partial charge in [0.2, 0.25) is 0 Å². The van der Waals surface area contributed by atoms with Gasteiger partial charge >= 0.3 is 39.9 Å². The van der Waals surface area contributed by atoms with Gasteiger partial charge in [-0.2, -0.15) is 0 Å². The van der Waals surface area contributed by atoms with E-state index in [1.807, 2.05) is 0 Å². The molecule has 8 heteroatoms. The Labute approximate surface area is 82.7 Å². The Hall–Kier alpha value is -2.96. The lowest BCUT2D eigenvalue weighted by molar-refractivity contribution is 1.02. The predicted octanol–water partition coefficient (Wildman–Crippen LogP) is 0.163. The Kier molecular flexibility index (Phi) is 2.59. The van der Waals surface area contributed by atoms with Gasteiger partial charge in [0.05, 0.1) is 0 Å². The van der Waals surface area contributed by atoms with Crippen molar-refractivity contribution >= 4 is 5.82 Å². The highest BCUT2D eigenvalue weighted by Crippen LogP contribution is 2.08. The fourth-order valence-electron chi connectivity index (χ4n) is 0.902. The Bertz CT molecular complexity index is 640. The van der Waals surface area contributed by atoms with Crippen LogP contribution in [-0.2, 0) is 0 Å². The predicted molar refractivity (Wildman–Crippen MR) is 45.4 cm³/mol. The van der Waals surface area contributed by atoms with Crippen LogP contribution in [0.25, 0.3) is 10.4 Å². The summed E-state index contributed by atoms with van der Waals surface area (Å²) in [4.78, 5) is 5.86. The van der Waals surface area contributed by atoms with Crippen LogP contribution in [0.2, 0.25) is 0 Å². The zero-order valence-corrected chi connectivity index (χ0v) is 7.18. The lowest BCUT2D eigenvalue weighted by Gasteiger charge is -1.77. The van der Waals surface area contributed by atoms with E-state index in [1.54, 1.807) is 12.1 Å². The number of rotatable bonds is 1. The number of nitriles is 2. The highest BCUT2D eigenvalue weighted by molar-refractivity contribution is 5.49. The SMILES string of the molecule is N#C[c+]1c(N=[N+]=[N-])nc(=N)[c+](C#N)c1=N. The fraction of sp³-hybridized carbons (Fsp3) is 0. The first kappa shape index (κ1) is 10.1. The lowest BCUT2D eigenvalue weighted by Crippen LogP contribution is -2.24. The van der Waals surface area contributed by atoms with Crippen LogP contribution in [0.4, 0.5) is 5.82 Å². The van der Waals surface area contributed by atoms with E-state index < -0.39 is 10.8 Å². The number of azide groups is 1. The number of nitrogens with zero attached hydrogens (tertiary/aromatic N) is 6. The smallest absolute Gasteiger partial charge is 0.241 e. The van der Waals surface area contributed by atoms with E-state index in [9.17, 15) is 0 Å². The third-order valence-corrected chi connectivity index (χ3v) is 1.54.